The molecule has 0 aliphatic rings. The zero-order chi connectivity index (χ0) is 13.1. The quantitative estimate of drug-likeness (QED) is 0.376. The molecule has 0 bridgehead atoms. The Morgan fingerprint density at radius 1 is 1.44 bits per heavy atom. The van der Waals surface area contributed by atoms with E-state index in [4.69, 9.17) is 15.4 Å². The van der Waals surface area contributed by atoms with Crippen LogP contribution in [0.15, 0.2) is 33.8 Å². The molecule has 5 heteroatoms. The first-order valence-corrected chi connectivity index (χ1v) is 5.60. The molecule has 2 rings (SSSR count). The van der Waals surface area contributed by atoms with E-state index in [2.05, 4.69) is 10.1 Å². The summed E-state index contributed by atoms with van der Waals surface area (Å²) in [4.78, 5) is 4.37. The second-order valence-electron chi connectivity index (χ2n) is 4.16. The topological polar surface area (TPSA) is 84.6 Å². The summed E-state index contributed by atoms with van der Waals surface area (Å²) in [6.45, 7) is 3.82. The number of nitrogens with zero attached hydrogens (tertiary/aromatic N) is 2. The van der Waals surface area contributed by atoms with Crippen LogP contribution in [0.3, 0.4) is 0 Å². The Bertz CT molecular complexity index is 588. The molecule has 0 fully saturated rings. The SMILES string of the molecule is Cc1cccc(-c2nc(C/C(N)=N\O)c(C)o2)c1. The van der Waals surface area contributed by atoms with Gasteiger partial charge in [-0.15, -0.1) is 0 Å². The molecule has 0 aliphatic carbocycles. The van der Waals surface area contributed by atoms with Gasteiger partial charge in [-0.25, -0.2) is 4.98 Å². The van der Waals surface area contributed by atoms with Gasteiger partial charge in [0.2, 0.25) is 5.89 Å². The standard InChI is InChI=1S/C13H15N3O2/c1-8-4-3-5-10(6-8)13-15-11(9(2)18-13)7-12(14)16-17/h3-6,17H,7H2,1-2H3,(H2,14,16). The maximum absolute atomic E-state index is 8.55. The number of nitrogens with two attached hydrogens (primary N) is 1. The lowest BCUT2D eigenvalue weighted by molar-refractivity contribution is 0.317. The monoisotopic (exact) mass is 245 g/mol. The molecule has 1 heterocycles. The summed E-state index contributed by atoms with van der Waals surface area (Å²) in [6.07, 6.45) is 0.275. The van der Waals surface area contributed by atoms with Crippen LogP contribution in [-0.4, -0.2) is 16.0 Å². The van der Waals surface area contributed by atoms with Gasteiger partial charge in [-0.3, -0.25) is 0 Å². The molecule has 0 amide bonds. The van der Waals surface area contributed by atoms with Gasteiger partial charge >= 0.3 is 0 Å². The van der Waals surface area contributed by atoms with E-state index in [9.17, 15) is 0 Å². The van der Waals surface area contributed by atoms with Crippen molar-refractivity contribution in [3.8, 4) is 11.5 Å². The number of rotatable bonds is 3. The van der Waals surface area contributed by atoms with Crippen LogP contribution in [0.5, 0.6) is 0 Å². The van der Waals surface area contributed by atoms with Crippen molar-refractivity contribution in [2.24, 2.45) is 10.9 Å². The fourth-order valence-corrected chi connectivity index (χ4v) is 1.70. The molecular weight excluding hydrogens is 230 g/mol. The van der Waals surface area contributed by atoms with Crippen LogP contribution >= 0.6 is 0 Å². The Balaban J connectivity index is 2.34. The average molecular weight is 245 g/mol. The number of oxazole rings is 1. The molecule has 2 aromatic rings. The van der Waals surface area contributed by atoms with Crippen LogP contribution in [0.1, 0.15) is 17.0 Å². The van der Waals surface area contributed by atoms with Gasteiger partial charge in [-0.1, -0.05) is 22.9 Å². The predicted octanol–water partition coefficient (Wildman–Crippen LogP) is 2.25. The lowest BCUT2D eigenvalue weighted by atomic mass is 10.1. The van der Waals surface area contributed by atoms with Crippen molar-refractivity contribution in [2.75, 3.05) is 0 Å². The fourth-order valence-electron chi connectivity index (χ4n) is 1.70. The highest BCUT2D eigenvalue weighted by molar-refractivity contribution is 5.81. The van der Waals surface area contributed by atoms with Gasteiger partial charge < -0.3 is 15.4 Å². The molecule has 0 spiro atoms. The van der Waals surface area contributed by atoms with Gasteiger partial charge in [0.1, 0.15) is 11.6 Å². The summed E-state index contributed by atoms with van der Waals surface area (Å²) in [6, 6.07) is 7.90. The third kappa shape index (κ3) is 2.51. The van der Waals surface area contributed by atoms with Gasteiger partial charge in [-0.05, 0) is 26.0 Å². The van der Waals surface area contributed by atoms with Crippen molar-refractivity contribution >= 4 is 5.84 Å². The minimum atomic E-state index is 0.113. The van der Waals surface area contributed by atoms with E-state index in [-0.39, 0.29) is 12.3 Å². The second-order valence-corrected chi connectivity index (χ2v) is 4.16. The molecule has 1 aromatic carbocycles. The summed E-state index contributed by atoms with van der Waals surface area (Å²) >= 11 is 0. The number of amidine groups is 1. The molecular formula is C13H15N3O2. The average Bonchev–Trinajstić information content (AvgIpc) is 2.71. The highest BCUT2D eigenvalue weighted by Gasteiger charge is 2.12. The first-order valence-electron chi connectivity index (χ1n) is 5.60. The van der Waals surface area contributed by atoms with E-state index in [1.54, 1.807) is 0 Å². The Morgan fingerprint density at radius 2 is 2.22 bits per heavy atom. The lowest BCUT2D eigenvalue weighted by Crippen LogP contribution is -2.15. The molecule has 3 N–H and O–H groups in total. The maximum Gasteiger partial charge on any atom is 0.226 e. The van der Waals surface area contributed by atoms with Crippen LogP contribution in [0.2, 0.25) is 0 Å². The van der Waals surface area contributed by atoms with Crippen LogP contribution < -0.4 is 5.73 Å². The van der Waals surface area contributed by atoms with E-state index in [0.29, 0.717) is 17.3 Å². The Morgan fingerprint density at radius 3 is 2.89 bits per heavy atom. The summed E-state index contributed by atoms with van der Waals surface area (Å²) in [7, 11) is 0. The molecule has 0 saturated carbocycles. The highest BCUT2D eigenvalue weighted by Crippen LogP contribution is 2.22. The third-order valence-electron chi connectivity index (χ3n) is 2.63. The van der Waals surface area contributed by atoms with Gasteiger partial charge in [0.15, 0.2) is 0 Å². The molecule has 94 valence electrons. The summed E-state index contributed by atoms with van der Waals surface area (Å²) < 4.78 is 5.60. The van der Waals surface area contributed by atoms with Gasteiger partial charge in [0.25, 0.3) is 0 Å². The first-order chi connectivity index (χ1) is 8.60. The van der Waals surface area contributed by atoms with Crippen LogP contribution in [0, 0.1) is 13.8 Å². The minimum Gasteiger partial charge on any atom is -0.441 e. The molecule has 5 nitrogen and oxygen atoms in total. The van der Waals surface area contributed by atoms with Crippen molar-refractivity contribution in [1.82, 2.24) is 4.98 Å². The Labute approximate surface area is 105 Å². The van der Waals surface area contributed by atoms with E-state index < -0.39 is 0 Å². The zero-order valence-electron chi connectivity index (χ0n) is 10.3. The number of hydrogen-bond donors (Lipinski definition) is 2. The largest absolute Gasteiger partial charge is 0.441 e. The summed E-state index contributed by atoms with van der Waals surface area (Å²) in [5.74, 6) is 1.34. The first kappa shape index (κ1) is 12.2. The fraction of sp³-hybridized carbons (Fsp3) is 0.231. The molecule has 1 aromatic heterocycles. The van der Waals surface area contributed by atoms with E-state index in [1.165, 1.54) is 0 Å². The molecule has 0 radical (unpaired) electrons. The van der Waals surface area contributed by atoms with Crippen LogP contribution in [0.25, 0.3) is 11.5 Å². The third-order valence-corrected chi connectivity index (χ3v) is 2.63. The molecule has 0 saturated heterocycles. The van der Waals surface area contributed by atoms with E-state index in [1.807, 2.05) is 38.1 Å². The van der Waals surface area contributed by atoms with Gasteiger partial charge in [-0.2, -0.15) is 0 Å². The smallest absolute Gasteiger partial charge is 0.226 e. The molecule has 0 atom stereocenters. The molecule has 0 aliphatic heterocycles. The molecule has 0 unspecified atom stereocenters. The molecule has 18 heavy (non-hydrogen) atoms. The zero-order valence-corrected chi connectivity index (χ0v) is 10.3. The number of aromatic nitrogens is 1. The normalized spacial score (nSPS) is 11.8. The summed E-state index contributed by atoms with van der Waals surface area (Å²) in [5.41, 5.74) is 8.21. The number of oxime groups is 1. The Kier molecular flexibility index (Phi) is 3.32. The van der Waals surface area contributed by atoms with Crippen molar-refractivity contribution in [1.29, 1.82) is 0 Å². The minimum absolute atomic E-state index is 0.113. The number of benzene rings is 1. The highest BCUT2D eigenvalue weighted by atomic mass is 16.4. The van der Waals surface area contributed by atoms with Crippen LogP contribution in [0.4, 0.5) is 0 Å². The van der Waals surface area contributed by atoms with Crippen molar-refractivity contribution < 1.29 is 9.62 Å². The van der Waals surface area contributed by atoms with Crippen LogP contribution in [-0.2, 0) is 6.42 Å². The van der Waals surface area contributed by atoms with Crippen molar-refractivity contribution in [2.45, 2.75) is 20.3 Å². The number of hydrogen-bond acceptors (Lipinski definition) is 4. The van der Waals surface area contributed by atoms with Crippen molar-refractivity contribution in [3.05, 3.63) is 41.3 Å². The second kappa shape index (κ2) is 4.91. The maximum atomic E-state index is 8.55. The van der Waals surface area contributed by atoms with Gasteiger partial charge in [0.05, 0.1) is 12.1 Å². The predicted molar refractivity (Wildman–Crippen MR) is 68.5 cm³/mol. The Hall–Kier alpha value is -2.30. The summed E-state index contributed by atoms with van der Waals surface area (Å²) in [5, 5.41) is 11.5. The van der Waals surface area contributed by atoms with E-state index in [0.717, 1.165) is 11.1 Å². The lowest BCUT2D eigenvalue weighted by Gasteiger charge is -1.96. The number of aryl methyl sites for hydroxylation is 2. The van der Waals surface area contributed by atoms with Crippen molar-refractivity contribution in [3.63, 3.8) is 0 Å². The van der Waals surface area contributed by atoms with Gasteiger partial charge in [0, 0.05) is 5.56 Å². The van der Waals surface area contributed by atoms with E-state index >= 15 is 0 Å².